The molecule has 0 spiro atoms. The second kappa shape index (κ2) is 6.64. The van der Waals surface area contributed by atoms with Crippen LogP contribution in [0.1, 0.15) is 37.4 Å². The summed E-state index contributed by atoms with van der Waals surface area (Å²) in [5.74, 6) is -5.41. The number of carbonyl (C=O) groups excluding carboxylic acids is 1. The van der Waals surface area contributed by atoms with Crippen molar-refractivity contribution in [2.75, 3.05) is 6.54 Å². The number of alkyl halides is 3. The fraction of sp³-hybridized carbons (Fsp3) is 0.222. The maximum absolute atomic E-state index is 13.7. The first-order valence-corrected chi connectivity index (χ1v) is 7.78. The highest BCUT2D eigenvalue weighted by Gasteiger charge is 2.40. The van der Waals surface area contributed by atoms with Crippen molar-refractivity contribution < 1.29 is 36.6 Å². The molecule has 9 heteroatoms. The minimum Gasteiger partial charge on any atom is -0.478 e. The van der Waals surface area contributed by atoms with E-state index in [9.17, 15) is 31.5 Å². The van der Waals surface area contributed by atoms with Crippen molar-refractivity contribution >= 4 is 11.9 Å². The molecular formula is C18H12F5NO3. The average molecular weight is 385 g/mol. The van der Waals surface area contributed by atoms with E-state index < -0.39 is 40.8 Å². The van der Waals surface area contributed by atoms with Crippen LogP contribution in [0, 0.1) is 11.6 Å². The summed E-state index contributed by atoms with van der Waals surface area (Å²) in [7, 11) is 0. The molecule has 142 valence electrons. The van der Waals surface area contributed by atoms with E-state index in [1.165, 1.54) is 18.2 Å². The number of nitrogens with zero attached hydrogens (tertiary/aromatic N) is 1. The molecule has 27 heavy (non-hydrogen) atoms. The standard InChI is InChI=1S/C18H12F5NO3/c19-12-6-13(15(14(20)7-12)18(21,22)23)16(25)24-4-3-9-5-10(17(26)27)1-2-11(9)8-24/h1-2,5-7H,3-4,8H2,(H,26,27). The van der Waals surface area contributed by atoms with E-state index in [0.717, 1.165) is 4.90 Å². The number of halogens is 5. The molecule has 1 amide bonds. The van der Waals surface area contributed by atoms with E-state index in [4.69, 9.17) is 5.11 Å². The summed E-state index contributed by atoms with van der Waals surface area (Å²) in [6, 6.07) is 4.67. The van der Waals surface area contributed by atoms with Gasteiger partial charge in [-0.1, -0.05) is 6.07 Å². The van der Waals surface area contributed by atoms with Crippen molar-refractivity contribution in [3.8, 4) is 0 Å². The molecule has 0 atom stereocenters. The van der Waals surface area contributed by atoms with Gasteiger partial charge in [-0.3, -0.25) is 4.79 Å². The normalized spacial score (nSPS) is 14.0. The lowest BCUT2D eigenvalue weighted by atomic mass is 9.96. The van der Waals surface area contributed by atoms with Crippen LogP contribution in [0.3, 0.4) is 0 Å². The zero-order valence-electron chi connectivity index (χ0n) is 13.6. The Balaban J connectivity index is 1.95. The van der Waals surface area contributed by atoms with Crippen molar-refractivity contribution in [3.05, 3.63) is 69.8 Å². The zero-order chi connectivity index (χ0) is 19.9. The summed E-state index contributed by atoms with van der Waals surface area (Å²) < 4.78 is 66.6. The van der Waals surface area contributed by atoms with Gasteiger partial charge >= 0.3 is 12.1 Å². The third-order valence-electron chi connectivity index (χ3n) is 4.32. The molecule has 0 aliphatic carbocycles. The van der Waals surface area contributed by atoms with Crippen molar-refractivity contribution in [3.63, 3.8) is 0 Å². The maximum Gasteiger partial charge on any atom is 0.420 e. The Morgan fingerprint density at radius 3 is 2.37 bits per heavy atom. The molecule has 0 saturated heterocycles. The highest BCUT2D eigenvalue weighted by molar-refractivity contribution is 5.96. The molecular weight excluding hydrogens is 373 g/mol. The van der Waals surface area contributed by atoms with Crippen LogP contribution in [-0.4, -0.2) is 28.4 Å². The van der Waals surface area contributed by atoms with Crippen LogP contribution < -0.4 is 0 Å². The van der Waals surface area contributed by atoms with E-state index in [-0.39, 0.29) is 31.1 Å². The van der Waals surface area contributed by atoms with Gasteiger partial charge in [0.2, 0.25) is 0 Å². The molecule has 2 aromatic carbocycles. The van der Waals surface area contributed by atoms with Gasteiger partial charge in [0, 0.05) is 19.2 Å². The highest BCUT2D eigenvalue weighted by Crippen LogP contribution is 2.35. The van der Waals surface area contributed by atoms with Crippen LogP contribution in [0.25, 0.3) is 0 Å². The van der Waals surface area contributed by atoms with Gasteiger partial charge in [-0.05, 0) is 35.7 Å². The molecule has 0 aromatic heterocycles. The van der Waals surface area contributed by atoms with Gasteiger partial charge in [-0.2, -0.15) is 13.2 Å². The number of fused-ring (bicyclic) bond motifs is 1. The fourth-order valence-electron chi connectivity index (χ4n) is 3.06. The number of hydrogen-bond acceptors (Lipinski definition) is 2. The predicted octanol–water partition coefficient (Wildman–Crippen LogP) is 3.88. The second-order valence-corrected chi connectivity index (χ2v) is 6.07. The molecule has 0 bridgehead atoms. The number of carboxylic acids is 1. The smallest absolute Gasteiger partial charge is 0.420 e. The molecule has 0 unspecified atom stereocenters. The number of carbonyl (C=O) groups is 2. The zero-order valence-corrected chi connectivity index (χ0v) is 13.6. The molecule has 1 aliphatic heterocycles. The van der Waals surface area contributed by atoms with Crippen molar-refractivity contribution in [1.29, 1.82) is 0 Å². The van der Waals surface area contributed by atoms with Gasteiger partial charge in [0.15, 0.2) is 0 Å². The SMILES string of the molecule is O=C(O)c1ccc2c(c1)CCN(C(=O)c1cc(F)cc(F)c1C(F)(F)F)C2. The van der Waals surface area contributed by atoms with E-state index in [1.807, 2.05) is 0 Å². The minimum absolute atomic E-state index is 0.00959. The summed E-state index contributed by atoms with van der Waals surface area (Å²) in [6.45, 7) is -0.103. The molecule has 0 saturated carbocycles. The van der Waals surface area contributed by atoms with E-state index in [1.54, 1.807) is 0 Å². The summed E-state index contributed by atoms with van der Waals surface area (Å²) in [5.41, 5.74) is -1.63. The first kappa shape index (κ1) is 18.8. The van der Waals surface area contributed by atoms with Gasteiger partial charge in [0.1, 0.15) is 17.2 Å². The number of carboxylic acid groups (broad SMARTS) is 1. The molecule has 1 aliphatic rings. The van der Waals surface area contributed by atoms with Crippen molar-refractivity contribution in [2.45, 2.75) is 19.1 Å². The Morgan fingerprint density at radius 2 is 1.74 bits per heavy atom. The largest absolute Gasteiger partial charge is 0.478 e. The quantitative estimate of drug-likeness (QED) is 0.799. The van der Waals surface area contributed by atoms with E-state index in [2.05, 4.69) is 0 Å². The number of amides is 1. The van der Waals surface area contributed by atoms with Gasteiger partial charge in [0.25, 0.3) is 5.91 Å². The summed E-state index contributed by atoms with van der Waals surface area (Å²) in [6.07, 6.45) is -4.95. The summed E-state index contributed by atoms with van der Waals surface area (Å²) >= 11 is 0. The van der Waals surface area contributed by atoms with Crippen molar-refractivity contribution in [1.82, 2.24) is 4.90 Å². The fourth-order valence-corrected chi connectivity index (χ4v) is 3.06. The number of hydrogen-bond donors (Lipinski definition) is 1. The van der Waals surface area contributed by atoms with Crippen LogP contribution >= 0.6 is 0 Å². The topological polar surface area (TPSA) is 57.6 Å². The number of rotatable bonds is 2. The van der Waals surface area contributed by atoms with Crippen LogP contribution in [-0.2, 0) is 19.1 Å². The number of benzene rings is 2. The maximum atomic E-state index is 13.7. The van der Waals surface area contributed by atoms with E-state index >= 15 is 0 Å². The highest BCUT2D eigenvalue weighted by atomic mass is 19.4. The molecule has 0 fully saturated rings. The Kier molecular flexibility index (Phi) is 4.63. The lowest BCUT2D eigenvalue weighted by Gasteiger charge is -2.30. The molecule has 2 aromatic rings. The Labute approximate surface area is 149 Å². The molecule has 4 nitrogen and oxygen atoms in total. The molecule has 1 heterocycles. The van der Waals surface area contributed by atoms with Gasteiger partial charge in [-0.15, -0.1) is 0 Å². The Morgan fingerprint density at radius 1 is 1.04 bits per heavy atom. The monoisotopic (exact) mass is 385 g/mol. The van der Waals surface area contributed by atoms with Gasteiger partial charge in [-0.25, -0.2) is 13.6 Å². The van der Waals surface area contributed by atoms with Gasteiger partial charge < -0.3 is 10.0 Å². The third kappa shape index (κ3) is 3.62. The first-order valence-electron chi connectivity index (χ1n) is 7.78. The first-order chi connectivity index (χ1) is 12.6. The molecule has 1 N–H and O–H groups in total. The Bertz CT molecular complexity index is 939. The summed E-state index contributed by atoms with van der Waals surface area (Å²) in [5, 5.41) is 8.99. The minimum atomic E-state index is -5.16. The summed E-state index contributed by atoms with van der Waals surface area (Å²) in [4.78, 5) is 24.6. The lowest BCUT2D eigenvalue weighted by molar-refractivity contribution is -0.140. The van der Waals surface area contributed by atoms with Gasteiger partial charge in [0.05, 0.1) is 11.1 Å². The van der Waals surface area contributed by atoms with Crippen LogP contribution in [0.5, 0.6) is 0 Å². The number of aromatic carboxylic acids is 1. The second-order valence-electron chi connectivity index (χ2n) is 6.07. The lowest BCUT2D eigenvalue weighted by Crippen LogP contribution is -2.37. The van der Waals surface area contributed by atoms with Crippen molar-refractivity contribution in [2.24, 2.45) is 0 Å². The Hall–Kier alpha value is -2.97. The van der Waals surface area contributed by atoms with Crippen LogP contribution in [0.4, 0.5) is 22.0 Å². The molecule has 0 radical (unpaired) electrons. The predicted molar refractivity (Wildman–Crippen MR) is 83.2 cm³/mol. The third-order valence-corrected chi connectivity index (χ3v) is 4.32. The molecule has 3 rings (SSSR count). The van der Waals surface area contributed by atoms with Crippen LogP contribution in [0.15, 0.2) is 30.3 Å². The van der Waals surface area contributed by atoms with E-state index in [0.29, 0.717) is 17.2 Å². The average Bonchev–Trinajstić information content (AvgIpc) is 2.58. The van der Waals surface area contributed by atoms with Crippen LogP contribution in [0.2, 0.25) is 0 Å².